The Morgan fingerprint density at radius 2 is 1.76 bits per heavy atom. The first kappa shape index (κ1) is 25.9. The van der Waals surface area contributed by atoms with Crippen molar-refractivity contribution in [2.24, 2.45) is 4.99 Å². The fourth-order valence-electron chi connectivity index (χ4n) is 4.36. The summed E-state index contributed by atoms with van der Waals surface area (Å²) in [5.41, 5.74) is 3.31. The molecule has 4 aromatic rings. The van der Waals surface area contributed by atoms with E-state index in [0.717, 1.165) is 21.2 Å². The number of thiazole rings is 1. The van der Waals surface area contributed by atoms with E-state index in [1.165, 1.54) is 11.3 Å². The van der Waals surface area contributed by atoms with Crippen molar-refractivity contribution in [1.29, 1.82) is 0 Å². The maximum atomic E-state index is 13.8. The molecule has 3 aromatic carbocycles. The average molecular weight is 590 g/mol. The van der Waals surface area contributed by atoms with E-state index in [2.05, 4.69) is 20.9 Å². The summed E-state index contributed by atoms with van der Waals surface area (Å²) < 4.78 is 14.5. The predicted octanol–water partition coefficient (Wildman–Crippen LogP) is 5.14. The molecule has 192 valence electrons. The molecule has 1 aliphatic heterocycles. The van der Waals surface area contributed by atoms with Gasteiger partial charge in [0.05, 0.1) is 28.5 Å². The Hall–Kier alpha value is -3.75. The van der Waals surface area contributed by atoms with E-state index in [4.69, 9.17) is 9.47 Å². The molecule has 1 aromatic heterocycles. The van der Waals surface area contributed by atoms with Crippen molar-refractivity contribution in [1.82, 2.24) is 4.57 Å². The highest BCUT2D eigenvalue weighted by molar-refractivity contribution is 9.10. The molecule has 0 saturated carbocycles. The van der Waals surface area contributed by atoms with Crippen molar-refractivity contribution in [3.63, 3.8) is 0 Å². The fourth-order valence-corrected chi connectivity index (χ4v) is 5.66. The van der Waals surface area contributed by atoms with Gasteiger partial charge < -0.3 is 9.47 Å². The number of para-hydroxylation sites is 1. The minimum Gasteiger partial charge on any atom is -0.488 e. The van der Waals surface area contributed by atoms with Crippen LogP contribution in [0.3, 0.4) is 0 Å². The van der Waals surface area contributed by atoms with Gasteiger partial charge in [0.15, 0.2) is 4.80 Å². The summed E-state index contributed by atoms with van der Waals surface area (Å²) in [5.74, 6) is 0.200. The lowest BCUT2D eigenvalue weighted by atomic mass is 9.96. The standard InChI is InChI=1S/C30H25BrN2O4S/c1-3-36-29(35)26-19(2)32-30-33(27(26)21-13-15-23(31)16-14-21)28(34)25(38-30)17-22-11-7-8-12-24(22)37-18-20-9-5-4-6-10-20/h4-17,27H,3,18H2,1-2H3/b25-17+/t27-/m0/s1. The van der Waals surface area contributed by atoms with Crippen molar-refractivity contribution in [2.45, 2.75) is 26.5 Å². The number of rotatable bonds is 7. The first-order valence-corrected chi connectivity index (χ1v) is 13.8. The highest BCUT2D eigenvalue weighted by Gasteiger charge is 2.33. The number of benzene rings is 3. The summed E-state index contributed by atoms with van der Waals surface area (Å²) in [4.78, 5) is 32.1. The van der Waals surface area contributed by atoms with Crippen LogP contribution in [-0.2, 0) is 16.1 Å². The van der Waals surface area contributed by atoms with Crippen LogP contribution < -0.4 is 19.6 Å². The van der Waals surface area contributed by atoms with Gasteiger partial charge in [0.25, 0.3) is 5.56 Å². The van der Waals surface area contributed by atoms with Crippen LogP contribution in [0.4, 0.5) is 0 Å². The van der Waals surface area contributed by atoms with E-state index < -0.39 is 12.0 Å². The number of fused-ring (bicyclic) bond motifs is 1. The molecule has 6 nitrogen and oxygen atoms in total. The molecule has 0 saturated heterocycles. The second-order valence-electron chi connectivity index (χ2n) is 8.67. The summed E-state index contributed by atoms with van der Waals surface area (Å²) >= 11 is 4.76. The van der Waals surface area contributed by atoms with Gasteiger partial charge in [-0.2, -0.15) is 0 Å². The van der Waals surface area contributed by atoms with Crippen LogP contribution in [0.25, 0.3) is 6.08 Å². The van der Waals surface area contributed by atoms with Crippen molar-refractivity contribution in [3.8, 4) is 5.75 Å². The predicted molar refractivity (Wildman–Crippen MR) is 152 cm³/mol. The Labute approximate surface area is 232 Å². The van der Waals surface area contributed by atoms with Gasteiger partial charge >= 0.3 is 5.97 Å². The highest BCUT2D eigenvalue weighted by atomic mass is 79.9. The molecule has 1 atom stereocenters. The van der Waals surface area contributed by atoms with E-state index in [-0.39, 0.29) is 12.2 Å². The molecular weight excluding hydrogens is 564 g/mol. The lowest BCUT2D eigenvalue weighted by molar-refractivity contribution is -0.139. The maximum Gasteiger partial charge on any atom is 0.338 e. The number of aromatic nitrogens is 1. The molecule has 5 rings (SSSR count). The number of allylic oxidation sites excluding steroid dienone is 1. The zero-order valence-electron chi connectivity index (χ0n) is 20.9. The van der Waals surface area contributed by atoms with Gasteiger partial charge in [0.2, 0.25) is 0 Å². The Morgan fingerprint density at radius 1 is 1.05 bits per heavy atom. The Balaban J connectivity index is 1.61. The third kappa shape index (κ3) is 5.28. The normalized spacial score (nSPS) is 15.1. The van der Waals surface area contributed by atoms with Crippen molar-refractivity contribution in [2.75, 3.05) is 6.61 Å². The van der Waals surface area contributed by atoms with Crippen molar-refractivity contribution < 1.29 is 14.3 Å². The SMILES string of the molecule is CCOC(=O)C1=C(C)N=c2s/c(=C/c3ccccc3OCc3ccccc3)c(=O)n2[C@H]1c1ccc(Br)cc1. The minimum absolute atomic E-state index is 0.228. The quantitative estimate of drug-likeness (QED) is 0.280. The first-order valence-electron chi connectivity index (χ1n) is 12.2. The van der Waals surface area contributed by atoms with Crippen LogP contribution in [-0.4, -0.2) is 17.1 Å². The maximum absolute atomic E-state index is 13.8. The monoisotopic (exact) mass is 588 g/mol. The Kier molecular flexibility index (Phi) is 7.72. The van der Waals surface area contributed by atoms with Crippen LogP contribution in [0.1, 0.15) is 36.6 Å². The molecule has 0 bridgehead atoms. The van der Waals surface area contributed by atoms with Gasteiger partial charge in [-0.25, -0.2) is 9.79 Å². The van der Waals surface area contributed by atoms with E-state index in [1.807, 2.05) is 84.9 Å². The summed E-state index contributed by atoms with van der Waals surface area (Å²) in [6.07, 6.45) is 1.83. The summed E-state index contributed by atoms with van der Waals surface area (Å²) in [6.45, 7) is 4.18. The summed E-state index contributed by atoms with van der Waals surface area (Å²) in [6, 6.07) is 24.5. The van der Waals surface area contributed by atoms with Gasteiger partial charge in [-0.05, 0) is 49.2 Å². The van der Waals surface area contributed by atoms with Crippen LogP contribution in [0, 0.1) is 0 Å². The van der Waals surface area contributed by atoms with E-state index in [0.29, 0.717) is 33.0 Å². The number of carbonyl (C=O) groups is 1. The van der Waals surface area contributed by atoms with Gasteiger partial charge in [0, 0.05) is 10.0 Å². The molecule has 38 heavy (non-hydrogen) atoms. The smallest absolute Gasteiger partial charge is 0.338 e. The van der Waals surface area contributed by atoms with Crippen molar-refractivity contribution >= 4 is 39.3 Å². The number of ether oxygens (including phenoxy) is 2. The zero-order chi connectivity index (χ0) is 26.6. The second kappa shape index (κ2) is 11.3. The molecule has 0 spiro atoms. The third-order valence-electron chi connectivity index (χ3n) is 6.15. The molecule has 8 heteroatoms. The molecule has 0 aliphatic carbocycles. The van der Waals surface area contributed by atoms with Crippen LogP contribution in [0.2, 0.25) is 0 Å². The highest BCUT2D eigenvalue weighted by Crippen LogP contribution is 2.31. The molecule has 2 heterocycles. The minimum atomic E-state index is -0.648. The number of hydrogen-bond acceptors (Lipinski definition) is 6. The first-order chi connectivity index (χ1) is 18.5. The second-order valence-corrected chi connectivity index (χ2v) is 10.6. The number of nitrogens with zero attached hydrogens (tertiary/aromatic N) is 2. The lowest BCUT2D eigenvalue weighted by Crippen LogP contribution is -2.39. The molecular formula is C30H25BrN2O4S. The zero-order valence-corrected chi connectivity index (χ0v) is 23.3. The third-order valence-corrected chi connectivity index (χ3v) is 7.66. The number of halogens is 1. The van der Waals surface area contributed by atoms with Gasteiger partial charge in [-0.15, -0.1) is 0 Å². The number of esters is 1. The van der Waals surface area contributed by atoms with E-state index in [1.54, 1.807) is 18.4 Å². The van der Waals surface area contributed by atoms with Crippen LogP contribution in [0.5, 0.6) is 5.75 Å². The fraction of sp³-hybridized carbons (Fsp3) is 0.167. The molecule has 0 amide bonds. The van der Waals surface area contributed by atoms with Gasteiger partial charge in [0.1, 0.15) is 12.4 Å². The van der Waals surface area contributed by atoms with Crippen LogP contribution in [0.15, 0.2) is 104 Å². The Morgan fingerprint density at radius 3 is 2.50 bits per heavy atom. The number of hydrogen-bond donors (Lipinski definition) is 0. The molecule has 0 N–H and O–H groups in total. The lowest BCUT2D eigenvalue weighted by Gasteiger charge is -2.24. The van der Waals surface area contributed by atoms with Gasteiger partial charge in [-0.3, -0.25) is 9.36 Å². The van der Waals surface area contributed by atoms with E-state index in [9.17, 15) is 9.59 Å². The molecule has 0 fully saturated rings. The largest absolute Gasteiger partial charge is 0.488 e. The average Bonchev–Trinajstić information content (AvgIpc) is 3.22. The van der Waals surface area contributed by atoms with E-state index >= 15 is 0 Å². The molecule has 0 radical (unpaired) electrons. The topological polar surface area (TPSA) is 69.9 Å². The van der Waals surface area contributed by atoms with Gasteiger partial charge in [-0.1, -0.05) is 87.9 Å². The number of carbonyl (C=O) groups excluding carboxylic acids is 1. The Bertz CT molecular complexity index is 1690. The molecule has 1 aliphatic rings. The molecule has 0 unspecified atom stereocenters. The van der Waals surface area contributed by atoms with Crippen molar-refractivity contribution in [3.05, 3.63) is 131 Å². The summed E-state index contributed by atoms with van der Waals surface area (Å²) in [7, 11) is 0. The summed E-state index contributed by atoms with van der Waals surface area (Å²) in [5, 5.41) is 0. The van der Waals surface area contributed by atoms with Crippen LogP contribution >= 0.6 is 27.3 Å².